The van der Waals surface area contributed by atoms with Crippen LogP contribution in [0, 0.1) is 13.5 Å². The molecule has 2 aromatic heterocycles. The summed E-state index contributed by atoms with van der Waals surface area (Å²) in [5.74, 6) is 0. The summed E-state index contributed by atoms with van der Waals surface area (Å²) >= 11 is 0. The Hall–Kier alpha value is -3.90. The smallest absolute Gasteiger partial charge is 0.216 e. The van der Waals surface area contributed by atoms with Gasteiger partial charge in [-0.05, 0) is 65.0 Å². The van der Waals surface area contributed by atoms with E-state index in [9.17, 15) is 0 Å². The van der Waals surface area contributed by atoms with Gasteiger partial charge in [-0.15, -0.1) is 0 Å². The molecule has 0 saturated heterocycles. The maximum Gasteiger partial charge on any atom is 0.216 e. The summed E-state index contributed by atoms with van der Waals surface area (Å²) in [4.78, 5) is 4.05. The number of hydrogen-bond acceptors (Lipinski definition) is 1. The lowest BCUT2D eigenvalue weighted by atomic mass is 9.62. The van der Waals surface area contributed by atoms with Crippen molar-refractivity contribution in [1.82, 2.24) is 0 Å². The molecule has 184 valence electrons. The Labute approximate surface area is 219 Å². The Kier molecular flexibility index (Phi) is 5.11. The summed E-state index contributed by atoms with van der Waals surface area (Å²) in [7, 11) is 2.07. The molecule has 0 atom stereocenters. The number of pyridine rings is 1. The third-order valence-corrected chi connectivity index (χ3v) is 8.52. The lowest BCUT2D eigenvalue weighted by Gasteiger charge is -2.43. The van der Waals surface area contributed by atoms with Crippen LogP contribution in [-0.4, -0.2) is 0 Å². The number of aromatic nitrogens is 1. The van der Waals surface area contributed by atoms with Gasteiger partial charge in [0, 0.05) is 28.5 Å². The first kappa shape index (κ1) is 23.5. The van der Waals surface area contributed by atoms with Gasteiger partial charge in [0.25, 0.3) is 0 Å². The molecule has 2 heterocycles. The highest BCUT2D eigenvalue weighted by molar-refractivity contribution is 6.13. The molecule has 3 aromatic carbocycles. The Morgan fingerprint density at radius 1 is 0.865 bits per heavy atom. The van der Waals surface area contributed by atoms with Crippen LogP contribution in [0.25, 0.3) is 49.2 Å². The van der Waals surface area contributed by atoms with E-state index in [1.54, 1.807) is 0 Å². The summed E-state index contributed by atoms with van der Waals surface area (Å²) < 4.78 is 8.92. The molecule has 0 radical (unpaired) electrons. The molecule has 0 aliphatic heterocycles. The van der Waals surface area contributed by atoms with Gasteiger partial charge in [-0.3, -0.25) is 0 Å². The molecular weight excluding hydrogens is 452 g/mol. The highest BCUT2D eigenvalue weighted by Gasteiger charge is 2.39. The molecule has 0 fully saturated rings. The van der Waals surface area contributed by atoms with E-state index in [0.717, 1.165) is 62.9 Å². The minimum absolute atomic E-state index is 0.00766. The number of fused-ring (bicyclic) bond motifs is 4. The van der Waals surface area contributed by atoms with Crippen LogP contribution in [0.3, 0.4) is 0 Å². The molecule has 3 heteroatoms. The fraction of sp³-hybridized carbons (Fsp3) is 0.294. The Bertz CT molecular complexity index is 1760. The van der Waals surface area contributed by atoms with Crippen molar-refractivity contribution in [3.05, 3.63) is 95.0 Å². The van der Waals surface area contributed by atoms with Gasteiger partial charge in [-0.2, -0.15) is 0 Å². The van der Waals surface area contributed by atoms with Gasteiger partial charge in [0.15, 0.2) is 11.9 Å². The normalized spacial score (nSPS) is 16.0. The van der Waals surface area contributed by atoms with Crippen molar-refractivity contribution in [2.24, 2.45) is 7.05 Å². The molecule has 0 unspecified atom stereocenters. The lowest BCUT2D eigenvalue weighted by molar-refractivity contribution is -0.660. The van der Waals surface area contributed by atoms with E-state index < -0.39 is 0 Å². The molecule has 5 aromatic rings. The van der Waals surface area contributed by atoms with Crippen molar-refractivity contribution < 1.29 is 8.98 Å². The number of hydrogen-bond donors (Lipinski definition) is 0. The van der Waals surface area contributed by atoms with E-state index in [1.165, 1.54) is 16.7 Å². The van der Waals surface area contributed by atoms with Crippen molar-refractivity contribution in [3.63, 3.8) is 0 Å². The molecule has 0 spiro atoms. The van der Waals surface area contributed by atoms with Gasteiger partial charge in [-0.25, -0.2) is 9.41 Å². The predicted octanol–water partition coefficient (Wildman–Crippen LogP) is 8.95. The minimum Gasteiger partial charge on any atom is -0.454 e. The second-order valence-corrected chi connectivity index (χ2v) is 11.9. The summed E-state index contributed by atoms with van der Waals surface area (Å²) in [5, 5.41) is 2.22. The zero-order valence-electron chi connectivity index (χ0n) is 22.6. The topological polar surface area (TPSA) is 21.4 Å². The molecule has 0 N–H and O–H groups in total. The Morgan fingerprint density at radius 3 is 2.38 bits per heavy atom. The van der Waals surface area contributed by atoms with Crippen LogP contribution in [0.15, 0.2) is 71.3 Å². The third-order valence-electron chi connectivity index (χ3n) is 8.52. The van der Waals surface area contributed by atoms with Crippen LogP contribution in [0.4, 0.5) is 5.69 Å². The fourth-order valence-corrected chi connectivity index (χ4v) is 6.29. The van der Waals surface area contributed by atoms with E-state index >= 15 is 0 Å². The monoisotopic (exact) mass is 485 g/mol. The van der Waals surface area contributed by atoms with Crippen molar-refractivity contribution in [2.75, 3.05) is 0 Å². The predicted molar refractivity (Wildman–Crippen MR) is 152 cm³/mol. The van der Waals surface area contributed by atoms with Crippen LogP contribution < -0.4 is 4.57 Å². The summed E-state index contributed by atoms with van der Waals surface area (Å²) in [5.41, 5.74) is 10.6. The largest absolute Gasteiger partial charge is 0.454 e. The first-order chi connectivity index (χ1) is 17.6. The second kappa shape index (κ2) is 8.05. The van der Waals surface area contributed by atoms with Crippen LogP contribution in [0.5, 0.6) is 0 Å². The minimum atomic E-state index is -0.00766. The molecule has 6 rings (SSSR count). The Morgan fingerprint density at radius 2 is 1.62 bits per heavy atom. The van der Waals surface area contributed by atoms with Crippen LogP contribution in [0.2, 0.25) is 0 Å². The quantitative estimate of drug-likeness (QED) is 0.181. The number of benzene rings is 3. The van der Waals surface area contributed by atoms with E-state index in [1.807, 2.05) is 6.07 Å². The van der Waals surface area contributed by atoms with E-state index in [4.69, 9.17) is 11.0 Å². The summed E-state index contributed by atoms with van der Waals surface area (Å²) in [6.45, 7) is 19.4. The first-order valence-corrected chi connectivity index (χ1v) is 13.1. The lowest BCUT2D eigenvalue weighted by Crippen LogP contribution is -2.33. The molecule has 37 heavy (non-hydrogen) atoms. The van der Waals surface area contributed by atoms with Crippen molar-refractivity contribution in [1.29, 1.82) is 0 Å². The summed E-state index contributed by atoms with van der Waals surface area (Å²) in [6.07, 6.45) is 4.27. The van der Waals surface area contributed by atoms with Gasteiger partial charge in [-0.1, -0.05) is 64.1 Å². The van der Waals surface area contributed by atoms with Crippen LogP contribution in [-0.2, 0) is 17.9 Å². The van der Waals surface area contributed by atoms with Gasteiger partial charge in [0.05, 0.1) is 12.1 Å². The highest BCUT2D eigenvalue weighted by Crippen LogP contribution is 2.51. The maximum atomic E-state index is 8.07. The van der Waals surface area contributed by atoms with E-state index in [0.29, 0.717) is 0 Å². The standard InChI is InChI=1S/C34H33N2O/c1-21-14-15-25-24-12-10-11-23(31(24)37-32(25)29(21)28-13-8-9-18-36(28)7)22-19-26-30(27(20-22)35-6)34(4,5)17-16-33(26,2)3/h8-15,18-20H,16-17H2,1-5,7H3/q+1. The molecule has 0 bridgehead atoms. The van der Waals surface area contributed by atoms with Crippen molar-refractivity contribution in [3.8, 4) is 22.4 Å². The second-order valence-electron chi connectivity index (χ2n) is 11.9. The average Bonchev–Trinajstić information content (AvgIpc) is 3.25. The van der Waals surface area contributed by atoms with Crippen molar-refractivity contribution >= 4 is 27.6 Å². The third kappa shape index (κ3) is 3.50. The SMILES string of the molecule is [C-]#[N+]c1cc(-c2cccc3c2oc2c(-c4cccc[n+]4C)c(C)ccc23)cc2c1C(C)(C)CCC2(C)C. The molecule has 1 aliphatic rings. The molecular formula is C34H33N2O+. The van der Waals surface area contributed by atoms with Crippen molar-refractivity contribution in [2.45, 2.75) is 58.3 Å². The highest BCUT2D eigenvalue weighted by atomic mass is 16.3. The van der Waals surface area contributed by atoms with E-state index in [-0.39, 0.29) is 10.8 Å². The van der Waals surface area contributed by atoms with Gasteiger partial charge in [0.1, 0.15) is 18.2 Å². The number of rotatable bonds is 2. The average molecular weight is 486 g/mol. The summed E-state index contributed by atoms with van der Waals surface area (Å²) in [6, 6.07) is 21.4. The fourth-order valence-electron chi connectivity index (χ4n) is 6.29. The van der Waals surface area contributed by atoms with E-state index in [2.05, 4.69) is 112 Å². The van der Waals surface area contributed by atoms with Gasteiger partial charge in [0.2, 0.25) is 5.69 Å². The molecule has 0 saturated carbocycles. The number of furan rings is 1. The maximum absolute atomic E-state index is 8.07. The Balaban J connectivity index is 1.66. The van der Waals surface area contributed by atoms with Gasteiger partial charge < -0.3 is 4.42 Å². The number of para-hydroxylation sites is 1. The zero-order chi connectivity index (χ0) is 26.1. The van der Waals surface area contributed by atoms with Gasteiger partial charge >= 0.3 is 0 Å². The first-order valence-electron chi connectivity index (χ1n) is 13.1. The number of nitrogens with zero attached hydrogens (tertiary/aromatic N) is 2. The molecule has 0 amide bonds. The number of aryl methyl sites for hydroxylation is 2. The molecule has 3 nitrogen and oxygen atoms in total. The molecule has 1 aliphatic carbocycles. The van der Waals surface area contributed by atoms with Crippen LogP contribution in [0.1, 0.15) is 57.2 Å². The van der Waals surface area contributed by atoms with Crippen LogP contribution >= 0.6 is 0 Å². The zero-order valence-corrected chi connectivity index (χ0v) is 22.6.